The molecular formula is C20H21F3N4OS. The SMILES string of the molecule is CCc1ccc(-c2cc(C(F)(F)F)n3nc(C(=O)N4CCCC(C)C4)cc3n2)s1. The number of aromatic nitrogens is 3. The summed E-state index contributed by atoms with van der Waals surface area (Å²) in [6.45, 7) is 5.23. The second-order valence-corrected chi connectivity index (χ2v) is 8.61. The first-order chi connectivity index (χ1) is 13.8. The van der Waals surface area contributed by atoms with E-state index in [2.05, 4.69) is 17.0 Å². The number of aryl methyl sites for hydroxylation is 1. The molecule has 5 nitrogen and oxygen atoms in total. The molecule has 1 unspecified atom stereocenters. The third-order valence-corrected chi connectivity index (χ3v) is 6.40. The molecule has 29 heavy (non-hydrogen) atoms. The third kappa shape index (κ3) is 3.88. The van der Waals surface area contributed by atoms with Crippen molar-refractivity contribution in [3.05, 3.63) is 40.5 Å². The molecule has 9 heteroatoms. The molecule has 1 atom stereocenters. The minimum atomic E-state index is -4.62. The summed E-state index contributed by atoms with van der Waals surface area (Å²) in [6, 6.07) is 6.03. The molecule has 0 aromatic carbocycles. The topological polar surface area (TPSA) is 50.5 Å². The molecule has 1 fully saturated rings. The number of carbonyl (C=O) groups is 1. The van der Waals surface area contributed by atoms with Gasteiger partial charge in [0, 0.05) is 24.0 Å². The summed E-state index contributed by atoms with van der Waals surface area (Å²) in [5.74, 6) is 0.0212. The Kier molecular flexibility index (Phi) is 5.10. The van der Waals surface area contributed by atoms with Crippen LogP contribution < -0.4 is 0 Å². The monoisotopic (exact) mass is 422 g/mol. The van der Waals surface area contributed by atoms with Gasteiger partial charge in [-0.15, -0.1) is 11.3 Å². The van der Waals surface area contributed by atoms with Gasteiger partial charge in [0.15, 0.2) is 17.0 Å². The summed E-state index contributed by atoms with van der Waals surface area (Å²) in [7, 11) is 0. The van der Waals surface area contributed by atoms with Crippen LogP contribution in [0.2, 0.25) is 0 Å². The Hall–Kier alpha value is -2.42. The number of alkyl halides is 3. The van der Waals surface area contributed by atoms with Crippen molar-refractivity contribution >= 4 is 22.9 Å². The van der Waals surface area contributed by atoms with Crippen molar-refractivity contribution in [2.45, 2.75) is 39.3 Å². The molecule has 0 saturated carbocycles. The van der Waals surface area contributed by atoms with Crippen LogP contribution in [0.3, 0.4) is 0 Å². The average molecular weight is 422 g/mol. The minimum Gasteiger partial charge on any atom is -0.337 e. The molecule has 0 N–H and O–H groups in total. The van der Waals surface area contributed by atoms with Crippen LogP contribution in [0.15, 0.2) is 24.3 Å². The minimum absolute atomic E-state index is 0.00493. The molecule has 1 amide bonds. The number of hydrogen-bond acceptors (Lipinski definition) is 4. The van der Waals surface area contributed by atoms with Crippen LogP contribution in [-0.2, 0) is 12.6 Å². The van der Waals surface area contributed by atoms with Gasteiger partial charge in [0.1, 0.15) is 0 Å². The lowest BCUT2D eigenvalue weighted by Crippen LogP contribution is -2.39. The molecule has 1 saturated heterocycles. The van der Waals surface area contributed by atoms with Crippen LogP contribution >= 0.6 is 11.3 Å². The normalized spacial score (nSPS) is 17.8. The number of rotatable bonds is 3. The van der Waals surface area contributed by atoms with E-state index < -0.39 is 11.9 Å². The largest absolute Gasteiger partial charge is 0.433 e. The standard InChI is InChI=1S/C20H21F3N4OS/c1-3-13-6-7-16(29-13)14-9-17(20(21,22)23)27-18(24-14)10-15(25-27)19(28)26-8-4-5-12(2)11-26/h6-7,9-10,12H,3-5,8,11H2,1-2H3. The van der Waals surface area contributed by atoms with Crippen molar-refractivity contribution in [2.75, 3.05) is 13.1 Å². The summed E-state index contributed by atoms with van der Waals surface area (Å²) >= 11 is 1.42. The lowest BCUT2D eigenvalue weighted by Gasteiger charge is -2.30. The van der Waals surface area contributed by atoms with Gasteiger partial charge in [-0.25, -0.2) is 9.50 Å². The van der Waals surface area contributed by atoms with Crippen molar-refractivity contribution in [3.8, 4) is 10.6 Å². The van der Waals surface area contributed by atoms with E-state index in [0.717, 1.165) is 34.7 Å². The lowest BCUT2D eigenvalue weighted by molar-refractivity contribution is -0.142. The van der Waals surface area contributed by atoms with Gasteiger partial charge >= 0.3 is 6.18 Å². The molecular weight excluding hydrogens is 401 g/mol. The zero-order chi connectivity index (χ0) is 20.8. The number of thiophene rings is 1. The molecule has 1 aliphatic rings. The molecule has 154 valence electrons. The number of hydrogen-bond donors (Lipinski definition) is 0. The van der Waals surface area contributed by atoms with E-state index in [1.807, 2.05) is 13.0 Å². The van der Waals surface area contributed by atoms with E-state index in [4.69, 9.17) is 0 Å². The fourth-order valence-corrected chi connectivity index (χ4v) is 4.56. The number of halogens is 3. The third-order valence-electron chi connectivity index (χ3n) is 5.14. The Morgan fingerprint density at radius 1 is 1.31 bits per heavy atom. The van der Waals surface area contributed by atoms with Gasteiger partial charge in [0.05, 0.1) is 10.6 Å². The van der Waals surface area contributed by atoms with Crippen LogP contribution in [0.5, 0.6) is 0 Å². The van der Waals surface area contributed by atoms with E-state index in [-0.39, 0.29) is 22.9 Å². The van der Waals surface area contributed by atoms with Crippen molar-refractivity contribution < 1.29 is 18.0 Å². The van der Waals surface area contributed by atoms with E-state index in [9.17, 15) is 18.0 Å². The second-order valence-electron chi connectivity index (χ2n) is 7.44. The van der Waals surface area contributed by atoms with E-state index >= 15 is 0 Å². The van der Waals surface area contributed by atoms with Crippen LogP contribution in [0.25, 0.3) is 16.2 Å². The van der Waals surface area contributed by atoms with Crippen LogP contribution in [0.4, 0.5) is 13.2 Å². The first-order valence-electron chi connectivity index (χ1n) is 9.62. The highest BCUT2D eigenvalue weighted by Crippen LogP contribution is 2.34. The molecule has 0 aliphatic carbocycles. The number of piperidine rings is 1. The summed E-state index contributed by atoms with van der Waals surface area (Å²) in [4.78, 5) is 20.6. The van der Waals surface area contributed by atoms with Gasteiger partial charge in [-0.1, -0.05) is 13.8 Å². The van der Waals surface area contributed by atoms with Gasteiger partial charge < -0.3 is 4.90 Å². The molecule has 1 aliphatic heterocycles. The number of nitrogens with zero attached hydrogens (tertiary/aromatic N) is 4. The first-order valence-corrected chi connectivity index (χ1v) is 10.4. The molecule has 3 aromatic heterocycles. The summed E-state index contributed by atoms with van der Waals surface area (Å²) in [5, 5.41) is 3.98. The molecule has 0 bridgehead atoms. The van der Waals surface area contributed by atoms with Crippen LogP contribution in [0.1, 0.15) is 47.7 Å². The second kappa shape index (κ2) is 7.44. The van der Waals surface area contributed by atoms with E-state index in [1.165, 1.54) is 17.4 Å². The molecule has 0 spiro atoms. The highest BCUT2D eigenvalue weighted by molar-refractivity contribution is 7.15. The number of likely N-dealkylation sites (tertiary alicyclic amines) is 1. The maximum Gasteiger partial charge on any atom is 0.433 e. The highest BCUT2D eigenvalue weighted by Gasteiger charge is 2.36. The Bertz CT molecular complexity index is 1060. The number of amides is 1. The lowest BCUT2D eigenvalue weighted by atomic mass is 10.0. The predicted molar refractivity (Wildman–Crippen MR) is 105 cm³/mol. The Labute approximate surface area is 170 Å². The fraction of sp³-hybridized carbons (Fsp3) is 0.450. The molecule has 0 radical (unpaired) electrons. The molecule has 3 aromatic rings. The van der Waals surface area contributed by atoms with Crippen molar-refractivity contribution in [1.29, 1.82) is 0 Å². The predicted octanol–water partition coefficient (Wildman–Crippen LogP) is 4.91. The van der Waals surface area contributed by atoms with Crippen molar-refractivity contribution in [1.82, 2.24) is 19.5 Å². The number of fused-ring (bicyclic) bond motifs is 1. The average Bonchev–Trinajstić information content (AvgIpc) is 3.32. The van der Waals surface area contributed by atoms with Gasteiger partial charge in [-0.3, -0.25) is 4.79 Å². The van der Waals surface area contributed by atoms with E-state index in [1.54, 1.807) is 11.0 Å². The Morgan fingerprint density at radius 2 is 2.10 bits per heavy atom. The Morgan fingerprint density at radius 3 is 2.76 bits per heavy atom. The van der Waals surface area contributed by atoms with Gasteiger partial charge in [-0.05, 0) is 43.4 Å². The first kappa shape index (κ1) is 19.9. The zero-order valence-electron chi connectivity index (χ0n) is 16.2. The summed E-state index contributed by atoms with van der Waals surface area (Å²) < 4.78 is 41.9. The summed E-state index contributed by atoms with van der Waals surface area (Å²) in [5.41, 5.74) is -0.681. The fourth-order valence-electron chi connectivity index (χ4n) is 3.65. The molecule has 4 heterocycles. The quantitative estimate of drug-likeness (QED) is 0.603. The van der Waals surface area contributed by atoms with E-state index in [0.29, 0.717) is 23.9 Å². The van der Waals surface area contributed by atoms with Crippen molar-refractivity contribution in [3.63, 3.8) is 0 Å². The summed E-state index contributed by atoms with van der Waals surface area (Å²) in [6.07, 6.45) is -1.89. The van der Waals surface area contributed by atoms with Crippen LogP contribution in [-0.4, -0.2) is 38.5 Å². The zero-order valence-corrected chi connectivity index (χ0v) is 17.0. The van der Waals surface area contributed by atoms with Crippen LogP contribution in [0, 0.1) is 5.92 Å². The van der Waals surface area contributed by atoms with Gasteiger partial charge in [0.2, 0.25) is 0 Å². The molecule has 4 rings (SSSR count). The maximum absolute atomic E-state index is 13.7. The highest BCUT2D eigenvalue weighted by atomic mass is 32.1. The smallest absolute Gasteiger partial charge is 0.337 e. The Balaban J connectivity index is 1.79. The van der Waals surface area contributed by atoms with Crippen molar-refractivity contribution in [2.24, 2.45) is 5.92 Å². The number of carbonyl (C=O) groups excluding carboxylic acids is 1. The maximum atomic E-state index is 13.7. The van der Waals surface area contributed by atoms with Gasteiger partial charge in [0.25, 0.3) is 5.91 Å². The van der Waals surface area contributed by atoms with Gasteiger partial charge in [-0.2, -0.15) is 18.3 Å².